The number of carbonyl (C=O) groups is 2. The highest BCUT2D eigenvalue weighted by molar-refractivity contribution is 5.91. The summed E-state index contributed by atoms with van der Waals surface area (Å²) < 4.78 is 0. The van der Waals surface area contributed by atoms with Crippen LogP contribution >= 0.6 is 0 Å². The van der Waals surface area contributed by atoms with E-state index in [0.29, 0.717) is 18.9 Å². The Labute approximate surface area is 152 Å². The molecule has 3 rings (SSSR count). The van der Waals surface area contributed by atoms with E-state index in [4.69, 9.17) is 0 Å². The first kappa shape index (κ1) is 18.7. The summed E-state index contributed by atoms with van der Waals surface area (Å²) in [7, 11) is 0. The van der Waals surface area contributed by atoms with Gasteiger partial charge in [-0.2, -0.15) is 0 Å². The molecule has 5 heteroatoms. The van der Waals surface area contributed by atoms with Crippen LogP contribution in [0, 0.1) is 5.92 Å². The van der Waals surface area contributed by atoms with Gasteiger partial charge in [-0.1, -0.05) is 26.2 Å². The number of nitrogens with one attached hydrogen (secondary N) is 1. The zero-order chi connectivity index (χ0) is 17.6. The number of hydrogen-bond acceptors (Lipinski definition) is 3. The first-order valence-corrected chi connectivity index (χ1v) is 10.5. The third-order valence-electron chi connectivity index (χ3n) is 6.35. The van der Waals surface area contributed by atoms with Crippen molar-refractivity contribution in [1.82, 2.24) is 15.1 Å². The fourth-order valence-corrected chi connectivity index (χ4v) is 4.69. The smallest absolute Gasteiger partial charge is 0.242 e. The number of rotatable bonds is 6. The van der Waals surface area contributed by atoms with E-state index in [9.17, 15) is 9.59 Å². The first-order valence-electron chi connectivity index (χ1n) is 10.5. The second kappa shape index (κ2) is 9.02. The fourth-order valence-electron chi connectivity index (χ4n) is 4.69. The Morgan fingerprint density at radius 2 is 1.80 bits per heavy atom. The zero-order valence-corrected chi connectivity index (χ0v) is 15.8. The maximum absolute atomic E-state index is 12.6. The van der Waals surface area contributed by atoms with Crippen molar-refractivity contribution in [2.45, 2.75) is 83.2 Å². The highest BCUT2D eigenvalue weighted by atomic mass is 16.2. The first-order chi connectivity index (χ1) is 12.1. The van der Waals surface area contributed by atoms with E-state index in [0.717, 1.165) is 38.3 Å². The summed E-state index contributed by atoms with van der Waals surface area (Å²) in [6.45, 7) is 6.53. The van der Waals surface area contributed by atoms with E-state index in [1.165, 1.54) is 45.2 Å². The number of carbonyl (C=O) groups excluding carboxylic acids is 2. The average molecular weight is 350 g/mol. The maximum atomic E-state index is 12.6. The molecule has 1 aliphatic carbocycles. The molecule has 0 radical (unpaired) electrons. The molecule has 1 unspecified atom stereocenters. The lowest BCUT2D eigenvalue weighted by Crippen LogP contribution is -2.50. The predicted octanol–water partition coefficient (Wildman–Crippen LogP) is 2.55. The molecular formula is C20H35N3O2. The summed E-state index contributed by atoms with van der Waals surface area (Å²) in [6.07, 6.45) is 10.6. The number of amides is 2. The minimum atomic E-state index is -0.216. The monoisotopic (exact) mass is 349 g/mol. The molecule has 0 spiro atoms. The van der Waals surface area contributed by atoms with Crippen LogP contribution in [-0.2, 0) is 9.59 Å². The van der Waals surface area contributed by atoms with Crippen LogP contribution in [0.15, 0.2) is 0 Å². The fraction of sp³-hybridized carbons (Fsp3) is 0.900. The second-order valence-electron chi connectivity index (χ2n) is 8.32. The number of likely N-dealkylation sites (tertiary alicyclic amines) is 2. The molecule has 2 aliphatic heterocycles. The van der Waals surface area contributed by atoms with Gasteiger partial charge in [0, 0.05) is 19.0 Å². The average Bonchev–Trinajstić information content (AvgIpc) is 3.02. The predicted molar refractivity (Wildman–Crippen MR) is 99.2 cm³/mol. The van der Waals surface area contributed by atoms with Crippen molar-refractivity contribution >= 4 is 11.8 Å². The van der Waals surface area contributed by atoms with Gasteiger partial charge in [0.15, 0.2) is 0 Å². The molecule has 3 fully saturated rings. The molecule has 0 aromatic carbocycles. The SMILES string of the molecule is CC1CCN(CCCNC(=O)C2CCC(=O)N2C2CCCCC2)CC1. The molecule has 0 aromatic heterocycles. The molecule has 5 nitrogen and oxygen atoms in total. The van der Waals surface area contributed by atoms with Crippen LogP contribution < -0.4 is 5.32 Å². The van der Waals surface area contributed by atoms with Crippen LogP contribution in [0.2, 0.25) is 0 Å². The summed E-state index contributed by atoms with van der Waals surface area (Å²) in [4.78, 5) is 29.4. The lowest BCUT2D eigenvalue weighted by Gasteiger charge is -2.35. The summed E-state index contributed by atoms with van der Waals surface area (Å²) in [5, 5.41) is 3.10. The standard InChI is InChI=1S/C20H35N3O2/c1-16-10-14-22(15-11-16)13-5-12-21-20(25)18-8-9-19(24)23(18)17-6-3-2-4-7-17/h16-18H,2-15H2,1H3,(H,21,25). The van der Waals surface area contributed by atoms with Crippen molar-refractivity contribution in [2.24, 2.45) is 5.92 Å². The Bertz CT molecular complexity index is 454. The highest BCUT2D eigenvalue weighted by Crippen LogP contribution is 2.30. The molecule has 0 bridgehead atoms. The Kier molecular flexibility index (Phi) is 6.74. The number of nitrogens with zero attached hydrogens (tertiary/aromatic N) is 2. The van der Waals surface area contributed by atoms with Gasteiger partial charge in [0.1, 0.15) is 6.04 Å². The topological polar surface area (TPSA) is 52.7 Å². The summed E-state index contributed by atoms with van der Waals surface area (Å²) in [5.41, 5.74) is 0. The van der Waals surface area contributed by atoms with Gasteiger partial charge in [-0.15, -0.1) is 0 Å². The van der Waals surface area contributed by atoms with Crippen molar-refractivity contribution in [3.8, 4) is 0 Å². The van der Waals surface area contributed by atoms with Gasteiger partial charge in [-0.25, -0.2) is 0 Å². The Balaban J connectivity index is 1.40. The lowest BCUT2D eigenvalue weighted by atomic mass is 9.93. The molecule has 1 N–H and O–H groups in total. The molecule has 142 valence electrons. The van der Waals surface area contributed by atoms with E-state index < -0.39 is 0 Å². The number of hydrogen-bond donors (Lipinski definition) is 1. The van der Waals surface area contributed by atoms with Crippen LogP contribution in [-0.4, -0.2) is 59.9 Å². The number of piperidine rings is 1. The van der Waals surface area contributed by atoms with Gasteiger partial charge in [0.2, 0.25) is 11.8 Å². The van der Waals surface area contributed by atoms with Crippen molar-refractivity contribution in [3.05, 3.63) is 0 Å². The van der Waals surface area contributed by atoms with E-state index >= 15 is 0 Å². The zero-order valence-electron chi connectivity index (χ0n) is 15.8. The molecule has 2 amide bonds. The highest BCUT2D eigenvalue weighted by Gasteiger charge is 2.40. The normalized spacial score (nSPS) is 27.0. The Hall–Kier alpha value is -1.10. The molecule has 2 heterocycles. The Morgan fingerprint density at radius 1 is 1.08 bits per heavy atom. The lowest BCUT2D eigenvalue weighted by molar-refractivity contribution is -0.138. The van der Waals surface area contributed by atoms with Gasteiger partial charge in [0.05, 0.1) is 0 Å². The molecule has 0 aromatic rings. The van der Waals surface area contributed by atoms with E-state index in [2.05, 4.69) is 17.1 Å². The van der Waals surface area contributed by atoms with Gasteiger partial charge in [0.25, 0.3) is 0 Å². The van der Waals surface area contributed by atoms with Crippen LogP contribution in [0.1, 0.15) is 71.1 Å². The van der Waals surface area contributed by atoms with Crippen molar-refractivity contribution in [1.29, 1.82) is 0 Å². The second-order valence-corrected chi connectivity index (χ2v) is 8.32. The Morgan fingerprint density at radius 3 is 2.52 bits per heavy atom. The summed E-state index contributed by atoms with van der Waals surface area (Å²) in [5.74, 6) is 1.12. The molecule has 2 saturated heterocycles. The molecule has 3 aliphatic rings. The van der Waals surface area contributed by atoms with Gasteiger partial charge in [-0.3, -0.25) is 9.59 Å². The van der Waals surface area contributed by atoms with E-state index in [-0.39, 0.29) is 17.9 Å². The minimum absolute atomic E-state index is 0.0729. The molecule has 1 atom stereocenters. The molecule has 25 heavy (non-hydrogen) atoms. The van der Waals surface area contributed by atoms with Crippen LogP contribution in [0.25, 0.3) is 0 Å². The van der Waals surface area contributed by atoms with Gasteiger partial charge >= 0.3 is 0 Å². The van der Waals surface area contributed by atoms with E-state index in [1.54, 1.807) is 0 Å². The van der Waals surface area contributed by atoms with Crippen LogP contribution in [0.3, 0.4) is 0 Å². The van der Waals surface area contributed by atoms with Crippen molar-refractivity contribution in [2.75, 3.05) is 26.2 Å². The summed E-state index contributed by atoms with van der Waals surface area (Å²) in [6, 6.07) is 0.0845. The third kappa shape index (κ3) is 4.96. The minimum Gasteiger partial charge on any atom is -0.354 e. The maximum Gasteiger partial charge on any atom is 0.242 e. The van der Waals surface area contributed by atoms with Crippen LogP contribution in [0.5, 0.6) is 0 Å². The molecule has 1 saturated carbocycles. The van der Waals surface area contributed by atoms with E-state index in [1.807, 2.05) is 4.90 Å². The third-order valence-corrected chi connectivity index (χ3v) is 6.35. The van der Waals surface area contributed by atoms with Gasteiger partial charge in [-0.05, 0) is 64.1 Å². The quantitative estimate of drug-likeness (QED) is 0.750. The van der Waals surface area contributed by atoms with Crippen molar-refractivity contribution < 1.29 is 9.59 Å². The summed E-state index contributed by atoms with van der Waals surface area (Å²) >= 11 is 0. The van der Waals surface area contributed by atoms with Crippen molar-refractivity contribution in [3.63, 3.8) is 0 Å². The molecular weight excluding hydrogens is 314 g/mol. The largest absolute Gasteiger partial charge is 0.354 e. The van der Waals surface area contributed by atoms with Gasteiger partial charge < -0.3 is 15.1 Å². The van der Waals surface area contributed by atoms with Crippen LogP contribution in [0.4, 0.5) is 0 Å².